The number of anilines is 4. The van der Waals surface area contributed by atoms with Crippen LogP contribution in [0.4, 0.5) is 27.7 Å². The molecule has 4 saturated heterocycles. The average molecular weight is 692 g/mol. The molecule has 11 nitrogen and oxygen atoms in total. The molecule has 49 heavy (non-hydrogen) atoms. The molecule has 0 radical (unpaired) electrons. The van der Waals surface area contributed by atoms with Crippen LogP contribution in [0.25, 0.3) is 10.8 Å². The molecule has 0 unspecified atom stereocenters. The molecule has 0 saturated carbocycles. The molecule has 3 aromatic rings. The Labute approximate surface area is 287 Å². The number of fused-ring (bicyclic) bond motifs is 1. The smallest absolute Gasteiger partial charge is 0.246 e. The van der Waals surface area contributed by atoms with E-state index in [2.05, 4.69) is 47.8 Å². The molecule has 262 valence electrons. The quantitative estimate of drug-likeness (QED) is 0.296. The van der Waals surface area contributed by atoms with Crippen LogP contribution in [-0.2, 0) is 19.4 Å². The highest BCUT2D eigenvalue weighted by Gasteiger charge is 2.44. The Morgan fingerprint density at radius 2 is 1.88 bits per heavy atom. The molecule has 2 aromatic heterocycles. The van der Waals surface area contributed by atoms with Crippen LogP contribution >= 0.6 is 0 Å². The van der Waals surface area contributed by atoms with E-state index in [4.69, 9.17) is 14.7 Å². The summed E-state index contributed by atoms with van der Waals surface area (Å²) < 4.78 is 45.4. The van der Waals surface area contributed by atoms with Crippen molar-refractivity contribution in [2.24, 2.45) is 5.92 Å². The van der Waals surface area contributed by atoms with Gasteiger partial charge in [0.15, 0.2) is 9.84 Å². The summed E-state index contributed by atoms with van der Waals surface area (Å²) in [7, 11) is -1.51. The lowest BCUT2D eigenvalue weighted by Crippen LogP contribution is -2.53. The van der Waals surface area contributed by atoms with E-state index in [1.807, 2.05) is 16.0 Å². The SMILES string of the molecule is C=CC(=O)N1CCC[C@@H]1c1cc(N2CC([C@H]3CCCS3(=O)=O)C2)c2cnc(Nc3ccnc(N4CC[C@@H](OC)[C@@H](F)C4)n3)cc2c1C(C)C. The molecule has 6 heterocycles. The Morgan fingerprint density at radius 3 is 2.57 bits per heavy atom. The highest BCUT2D eigenvalue weighted by Crippen LogP contribution is 2.46. The number of benzene rings is 1. The summed E-state index contributed by atoms with van der Waals surface area (Å²) in [5.41, 5.74) is 3.29. The van der Waals surface area contributed by atoms with Crippen LogP contribution in [0.15, 0.2) is 43.2 Å². The number of methoxy groups -OCH3 is 1. The first-order valence-electron chi connectivity index (χ1n) is 17.5. The van der Waals surface area contributed by atoms with Crippen molar-refractivity contribution in [2.75, 3.05) is 60.7 Å². The number of hydrogen-bond donors (Lipinski definition) is 1. The number of carbonyl (C=O) groups is 1. The van der Waals surface area contributed by atoms with Gasteiger partial charge in [-0.2, -0.15) is 4.98 Å². The molecule has 1 amide bonds. The van der Waals surface area contributed by atoms with E-state index >= 15 is 0 Å². The summed E-state index contributed by atoms with van der Waals surface area (Å²) in [5, 5.41) is 5.12. The summed E-state index contributed by atoms with van der Waals surface area (Å²) in [5.74, 6) is 2.06. The van der Waals surface area contributed by atoms with Gasteiger partial charge in [-0.15, -0.1) is 0 Å². The minimum atomic E-state index is -3.04. The molecule has 7 rings (SSSR count). The van der Waals surface area contributed by atoms with Crippen molar-refractivity contribution < 1.29 is 22.3 Å². The van der Waals surface area contributed by atoms with Crippen LogP contribution in [0.1, 0.15) is 69.0 Å². The first kappa shape index (κ1) is 33.6. The third-order valence-corrected chi connectivity index (χ3v) is 13.2. The van der Waals surface area contributed by atoms with E-state index in [9.17, 15) is 17.6 Å². The van der Waals surface area contributed by atoms with Gasteiger partial charge in [-0.25, -0.2) is 22.8 Å². The van der Waals surface area contributed by atoms with Crippen LogP contribution < -0.4 is 15.1 Å². The lowest BCUT2D eigenvalue weighted by Gasteiger charge is -2.44. The van der Waals surface area contributed by atoms with Crippen LogP contribution in [0.3, 0.4) is 0 Å². The Bertz CT molecular complexity index is 1850. The summed E-state index contributed by atoms with van der Waals surface area (Å²) in [6, 6.07) is 5.96. The Balaban J connectivity index is 1.25. The second kappa shape index (κ2) is 13.5. The van der Waals surface area contributed by atoms with Gasteiger partial charge in [0.25, 0.3) is 0 Å². The fourth-order valence-corrected chi connectivity index (χ4v) is 10.5. The molecule has 1 aromatic carbocycles. The van der Waals surface area contributed by atoms with E-state index in [1.54, 1.807) is 12.3 Å². The second-order valence-electron chi connectivity index (χ2n) is 14.2. The maximum absolute atomic E-state index is 14.7. The number of rotatable bonds is 9. The predicted octanol–water partition coefficient (Wildman–Crippen LogP) is 5.32. The normalized spacial score (nSPS) is 25.6. The largest absolute Gasteiger partial charge is 0.378 e. The standard InChI is InChI=1S/C36H46FN7O4S/c1-5-34(45)44-13-6-8-28(44)25-16-29(43-19-23(20-43)31-9-7-15-49(31,46)47)26-18-39-33(17-24(26)35(25)22(2)3)40-32-10-12-38-36(41-32)42-14-11-30(48-4)27(37)21-42/h5,10,12,16-18,22-23,27-28,30-31H,1,6-9,11,13-15,19-21H2,2-4H3,(H,38,39,40,41)/t27-,28+,30+,31+/m0/s1. The lowest BCUT2D eigenvalue weighted by atomic mass is 9.85. The third kappa shape index (κ3) is 6.35. The Hall–Kier alpha value is -3.84. The number of piperidine rings is 1. The number of nitrogens with one attached hydrogen (secondary N) is 1. The Kier molecular flexibility index (Phi) is 9.25. The monoisotopic (exact) mass is 691 g/mol. The van der Waals surface area contributed by atoms with E-state index in [0.717, 1.165) is 53.3 Å². The van der Waals surface area contributed by atoms with Crippen LogP contribution in [0.2, 0.25) is 0 Å². The van der Waals surface area contributed by atoms with Crippen molar-refractivity contribution in [2.45, 2.75) is 75.4 Å². The number of sulfone groups is 1. The summed E-state index contributed by atoms with van der Waals surface area (Å²) in [4.78, 5) is 33.0. The molecule has 4 fully saturated rings. The number of ether oxygens (including phenoxy) is 1. The van der Waals surface area contributed by atoms with E-state index in [-0.39, 0.29) is 41.3 Å². The highest BCUT2D eigenvalue weighted by atomic mass is 32.2. The van der Waals surface area contributed by atoms with Gasteiger partial charge in [-0.3, -0.25) is 4.79 Å². The van der Waals surface area contributed by atoms with Gasteiger partial charge in [-0.05, 0) is 78.8 Å². The van der Waals surface area contributed by atoms with Gasteiger partial charge in [0.2, 0.25) is 11.9 Å². The molecule has 13 heteroatoms. The molecule has 1 N–H and O–H groups in total. The van der Waals surface area contributed by atoms with Crippen molar-refractivity contribution in [3.05, 3.63) is 54.4 Å². The number of nitrogens with zero attached hydrogens (tertiary/aromatic N) is 6. The maximum atomic E-state index is 14.7. The number of aromatic nitrogens is 3. The van der Waals surface area contributed by atoms with E-state index in [0.29, 0.717) is 50.2 Å². The minimum Gasteiger partial charge on any atom is -0.378 e. The zero-order chi connectivity index (χ0) is 34.4. The van der Waals surface area contributed by atoms with Gasteiger partial charge in [0.1, 0.15) is 17.8 Å². The first-order valence-corrected chi connectivity index (χ1v) is 19.2. The molecule has 4 aliphatic heterocycles. The van der Waals surface area contributed by atoms with Crippen molar-refractivity contribution in [3.8, 4) is 0 Å². The van der Waals surface area contributed by atoms with Gasteiger partial charge < -0.3 is 24.8 Å². The van der Waals surface area contributed by atoms with Crippen LogP contribution in [-0.4, -0.2) is 97.3 Å². The molecule has 0 bridgehead atoms. The van der Waals surface area contributed by atoms with Gasteiger partial charge >= 0.3 is 0 Å². The fourth-order valence-electron chi connectivity index (χ4n) is 8.38. The molecule has 4 aliphatic rings. The number of hydrogen-bond acceptors (Lipinski definition) is 10. The fraction of sp³-hybridized carbons (Fsp3) is 0.556. The first-order chi connectivity index (χ1) is 23.6. The number of pyridine rings is 1. The zero-order valence-corrected chi connectivity index (χ0v) is 29.3. The number of likely N-dealkylation sites (tertiary alicyclic amines) is 1. The van der Waals surface area contributed by atoms with E-state index < -0.39 is 22.1 Å². The van der Waals surface area contributed by atoms with Crippen molar-refractivity contribution in [3.63, 3.8) is 0 Å². The van der Waals surface area contributed by atoms with E-state index in [1.165, 1.54) is 13.2 Å². The molecular weight excluding hydrogens is 646 g/mol. The van der Waals surface area contributed by atoms with Crippen LogP contribution in [0.5, 0.6) is 0 Å². The van der Waals surface area contributed by atoms with Crippen molar-refractivity contribution in [1.29, 1.82) is 0 Å². The summed E-state index contributed by atoms with van der Waals surface area (Å²) in [6.45, 7) is 10.9. The number of carbonyl (C=O) groups excluding carboxylic acids is 1. The maximum Gasteiger partial charge on any atom is 0.246 e. The van der Waals surface area contributed by atoms with Gasteiger partial charge in [-0.1, -0.05) is 20.4 Å². The zero-order valence-electron chi connectivity index (χ0n) is 28.5. The molecule has 0 spiro atoms. The predicted molar refractivity (Wildman–Crippen MR) is 190 cm³/mol. The number of amides is 1. The second-order valence-corrected chi connectivity index (χ2v) is 16.5. The minimum absolute atomic E-state index is 0.0727. The van der Waals surface area contributed by atoms with Gasteiger partial charge in [0, 0.05) is 62.7 Å². The Morgan fingerprint density at radius 1 is 1.06 bits per heavy atom. The van der Waals surface area contributed by atoms with Crippen molar-refractivity contribution in [1.82, 2.24) is 19.9 Å². The summed E-state index contributed by atoms with van der Waals surface area (Å²) >= 11 is 0. The molecule has 4 atom stereocenters. The molecule has 0 aliphatic carbocycles. The molecular formula is C36H46FN7O4S. The summed E-state index contributed by atoms with van der Waals surface area (Å²) in [6.07, 6.45) is 7.19. The van der Waals surface area contributed by atoms with Crippen molar-refractivity contribution >= 4 is 49.8 Å². The average Bonchev–Trinajstić information content (AvgIpc) is 3.69. The van der Waals surface area contributed by atoms with Gasteiger partial charge in [0.05, 0.1) is 29.7 Å². The topological polar surface area (TPSA) is 121 Å². The number of alkyl halides is 1. The van der Waals surface area contributed by atoms with Crippen LogP contribution in [0, 0.1) is 5.92 Å². The third-order valence-electron chi connectivity index (χ3n) is 10.8. The number of halogens is 1. The highest BCUT2D eigenvalue weighted by molar-refractivity contribution is 7.92. The lowest BCUT2D eigenvalue weighted by molar-refractivity contribution is -0.126.